The maximum Gasteiger partial charge on any atom is 0.137 e. The van der Waals surface area contributed by atoms with Gasteiger partial charge < -0.3 is 14.5 Å². The van der Waals surface area contributed by atoms with E-state index in [1.54, 1.807) is 0 Å². The second-order valence-corrected chi connectivity index (χ2v) is 21.4. The van der Waals surface area contributed by atoms with Gasteiger partial charge in [0.15, 0.2) is 0 Å². The van der Waals surface area contributed by atoms with Gasteiger partial charge in [-0.3, -0.25) is 4.57 Å². The lowest BCUT2D eigenvalue weighted by Crippen LogP contribution is -2.24. The molecule has 0 unspecified atom stereocenters. The number of hydrogen-bond acceptors (Lipinski definition) is 4. The largest absolute Gasteiger partial charge is 0.457 e. The van der Waals surface area contributed by atoms with E-state index in [2.05, 4.69) is 248 Å². The van der Waals surface area contributed by atoms with E-state index in [1.807, 2.05) is 6.20 Å². The van der Waals surface area contributed by atoms with Crippen LogP contribution >= 0.6 is 0 Å². The quantitative estimate of drug-likeness (QED) is 0.145. The van der Waals surface area contributed by atoms with Gasteiger partial charge in [-0.1, -0.05) is 142 Å². The van der Waals surface area contributed by atoms with Crippen LogP contribution in [0.15, 0.2) is 164 Å². The average molecular weight is 893 g/mol. The number of hydrogen-bond donors (Lipinski definition) is 0. The third-order valence-corrected chi connectivity index (χ3v) is 13.9. The lowest BCUT2D eigenvalue weighted by atomic mass is 9.85. The van der Waals surface area contributed by atoms with Gasteiger partial charge in [0.05, 0.1) is 22.4 Å². The van der Waals surface area contributed by atoms with Crippen molar-refractivity contribution in [1.29, 1.82) is 0 Å². The Hall–Kier alpha value is -7.11. The second kappa shape index (κ2) is 17.2. The van der Waals surface area contributed by atoms with Gasteiger partial charge >= 0.3 is 0 Å². The van der Waals surface area contributed by atoms with Crippen molar-refractivity contribution in [1.82, 2.24) is 9.55 Å². The van der Waals surface area contributed by atoms with Crippen LogP contribution in [0, 0.1) is 6.92 Å². The van der Waals surface area contributed by atoms with Crippen LogP contribution in [0.5, 0.6) is 11.5 Å². The van der Waals surface area contributed by atoms with Crippen LogP contribution in [0.3, 0.4) is 0 Å². The van der Waals surface area contributed by atoms with Crippen LogP contribution < -0.4 is 14.5 Å². The lowest BCUT2D eigenvalue weighted by Gasteiger charge is -2.25. The zero-order valence-corrected chi connectivity index (χ0v) is 41.6. The number of aromatic nitrogens is 2. The highest BCUT2D eigenvalue weighted by Crippen LogP contribution is 2.48. The van der Waals surface area contributed by atoms with Crippen molar-refractivity contribution < 1.29 is 4.74 Å². The van der Waals surface area contributed by atoms with E-state index in [0.29, 0.717) is 18.5 Å². The van der Waals surface area contributed by atoms with Gasteiger partial charge in [-0.25, -0.2) is 4.98 Å². The highest BCUT2D eigenvalue weighted by atomic mass is 16.5. The molecule has 0 bridgehead atoms. The number of rotatable bonds is 9. The van der Waals surface area contributed by atoms with Crippen molar-refractivity contribution >= 4 is 44.6 Å². The summed E-state index contributed by atoms with van der Waals surface area (Å²) in [6, 6.07) is 57.9. The average Bonchev–Trinajstić information content (AvgIpc) is 3.87. The molecule has 2 aromatic heterocycles. The minimum atomic E-state index is -0.0324. The number of pyridine rings is 1. The summed E-state index contributed by atoms with van der Waals surface area (Å²) in [5, 5.41) is 2.38. The first-order valence-corrected chi connectivity index (χ1v) is 24.4. The number of fused-ring (bicyclic) bond motifs is 4. The molecule has 0 atom stereocenters. The first-order chi connectivity index (χ1) is 32.5. The van der Waals surface area contributed by atoms with Crippen LogP contribution in [0.2, 0.25) is 0 Å². The molecule has 1 aliphatic rings. The van der Waals surface area contributed by atoms with E-state index in [0.717, 1.165) is 51.0 Å². The maximum absolute atomic E-state index is 7.19. The molecule has 342 valence electrons. The zero-order chi connectivity index (χ0) is 47.6. The Bertz CT molecular complexity index is 3320. The highest BCUT2D eigenvalue weighted by molar-refractivity contribution is 6.10. The molecule has 7 aromatic carbocycles. The van der Waals surface area contributed by atoms with Crippen LogP contribution in [-0.4, -0.2) is 16.2 Å². The second-order valence-electron chi connectivity index (χ2n) is 21.4. The molecule has 3 heterocycles. The summed E-state index contributed by atoms with van der Waals surface area (Å²) in [5.41, 5.74) is 18.1. The standard InChI is InChI=1S/C63H64N4O/c1-40(2)51-20-17-21-52(41(3)4)61(51)44-33-48(66-39-65(57-22-15-16-23-58(57)66)47-25-27-53(42(5)32-47)43-18-13-12-14-19-43)37-50(34-44)68-49-26-28-54-55-35-45(62(6,7)8)24-29-56(55)67(59(54)38-49)60-36-46(30-31-64-60)63(9,10)11/h12-38,40-41H,39H2,1-11H3. The fourth-order valence-electron chi connectivity index (χ4n) is 10.2. The molecule has 0 saturated heterocycles. The summed E-state index contributed by atoms with van der Waals surface area (Å²) in [6.07, 6.45) is 1.95. The Morgan fingerprint density at radius 3 is 1.84 bits per heavy atom. The third kappa shape index (κ3) is 8.23. The van der Waals surface area contributed by atoms with Crippen LogP contribution in [0.1, 0.15) is 109 Å². The molecule has 0 spiro atoms. The van der Waals surface area contributed by atoms with Crippen molar-refractivity contribution in [3.05, 3.63) is 192 Å². The van der Waals surface area contributed by atoms with Gasteiger partial charge in [-0.2, -0.15) is 0 Å². The fourth-order valence-corrected chi connectivity index (χ4v) is 10.2. The zero-order valence-electron chi connectivity index (χ0n) is 41.6. The number of anilines is 4. The van der Waals surface area contributed by atoms with Crippen LogP contribution in [-0.2, 0) is 10.8 Å². The number of ether oxygens (including phenoxy) is 1. The monoisotopic (exact) mass is 893 g/mol. The molecule has 10 rings (SSSR count). The first-order valence-electron chi connectivity index (χ1n) is 24.4. The predicted octanol–water partition coefficient (Wildman–Crippen LogP) is 17.7. The summed E-state index contributed by atoms with van der Waals surface area (Å²) in [6.45, 7) is 25.7. The summed E-state index contributed by atoms with van der Waals surface area (Å²) < 4.78 is 9.51. The number of benzene rings is 7. The molecular weight excluding hydrogens is 829 g/mol. The number of para-hydroxylation sites is 2. The summed E-state index contributed by atoms with van der Waals surface area (Å²) in [4.78, 5) is 9.89. The molecule has 1 aliphatic heterocycles. The minimum Gasteiger partial charge on any atom is -0.457 e. The van der Waals surface area contributed by atoms with Crippen molar-refractivity contribution in [2.24, 2.45) is 0 Å². The fraction of sp³-hybridized carbons (Fsp3) is 0.254. The predicted molar refractivity (Wildman–Crippen MR) is 288 cm³/mol. The van der Waals surface area contributed by atoms with Crippen molar-refractivity contribution in [2.45, 2.75) is 98.8 Å². The van der Waals surface area contributed by atoms with Crippen LogP contribution in [0.4, 0.5) is 22.7 Å². The third-order valence-electron chi connectivity index (χ3n) is 13.9. The Morgan fingerprint density at radius 1 is 0.515 bits per heavy atom. The van der Waals surface area contributed by atoms with Crippen molar-refractivity contribution in [3.63, 3.8) is 0 Å². The molecule has 0 saturated carbocycles. The van der Waals surface area contributed by atoms with Gasteiger partial charge in [-0.15, -0.1) is 0 Å². The SMILES string of the molecule is Cc1cc(N2CN(c3cc(Oc4ccc5c6cc(C(C)(C)C)ccc6n(-c6cc(C(C)(C)C)ccn6)c5c4)cc(-c4c(C(C)C)cccc4C(C)C)c3)c3ccccc32)ccc1-c1ccccc1. The van der Waals surface area contributed by atoms with E-state index >= 15 is 0 Å². The van der Waals surface area contributed by atoms with Gasteiger partial charge in [0.25, 0.3) is 0 Å². The molecule has 5 heteroatoms. The summed E-state index contributed by atoms with van der Waals surface area (Å²) in [5.74, 6) is 3.11. The molecule has 0 aliphatic carbocycles. The Labute approximate surface area is 403 Å². The van der Waals surface area contributed by atoms with Gasteiger partial charge in [0, 0.05) is 40.5 Å². The molecule has 0 amide bonds. The molecular formula is C63H64N4O. The molecule has 68 heavy (non-hydrogen) atoms. The van der Waals surface area contributed by atoms with E-state index in [1.165, 1.54) is 61.0 Å². The van der Waals surface area contributed by atoms with Gasteiger partial charge in [0.1, 0.15) is 24.0 Å². The van der Waals surface area contributed by atoms with Crippen molar-refractivity contribution in [2.75, 3.05) is 16.5 Å². The minimum absolute atomic E-state index is 0.00123. The smallest absolute Gasteiger partial charge is 0.137 e. The summed E-state index contributed by atoms with van der Waals surface area (Å²) in [7, 11) is 0. The molecule has 0 fully saturated rings. The molecule has 0 N–H and O–H groups in total. The Morgan fingerprint density at radius 2 is 1.18 bits per heavy atom. The first kappa shape index (κ1) is 44.7. The van der Waals surface area contributed by atoms with E-state index < -0.39 is 0 Å². The van der Waals surface area contributed by atoms with E-state index in [9.17, 15) is 0 Å². The Kier molecular flexibility index (Phi) is 11.3. The van der Waals surface area contributed by atoms with E-state index in [4.69, 9.17) is 9.72 Å². The van der Waals surface area contributed by atoms with Crippen molar-refractivity contribution in [3.8, 4) is 39.6 Å². The molecule has 0 radical (unpaired) electrons. The Balaban J connectivity index is 1.13. The topological polar surface area (TPSA) is 33.5 Å². The van der Waals surface area contributed by atoms with Crippen LogP contribution in [0.25, 0.3) is 49.9 Å². The number of nitrogens with zero attached hydrogens (tertiary/aromatic N) is 4. The molecule has 9 aromatic rings. The lowest BCUT2D eigenvalue weighted by molar-refractivity contribution is 0.483. The van der Waals surface area contributed by atoms with Gasteiger partial charge in [-0.05, 0) is 152 Å². The highest BCUT2D eigenvalue weighted by Gasteiger charge is 2.30. The molecule has 5 nitrogen and oxygen atoms in total. The van der Waals surface area contributed by atoms with Gasteiger partial charge in [0.2, 0.25) is 0 Å². The normalized spacial score (nSPS) is 13.1. The van der Waals surface area contributed by atoms with E-state index in [-0.39, 0.29) is 10.8 Å². The maximum atomic E-state index is 7.19. The summed E-state index contributed by atoms with van der Waals surface area (Å²) >= 11 is 0. The number of aryl methyl sites for hydroxylation is 1.